The van der Waals surface area contributed by atoms with Crippen molar-refractivity contribution in [2.24, 2.45) is 0 Å². The number of hydrogen-bond acceptors (Lipinski definition) is 3. The maximum absolute atomic E-state index is 11.2. The Kier molecular flexibility index (Phi) is 3.85. The largest absolute Gasteiger partial charge is 0.486 e. The second-order valence-corrected chi connectivity index (χ2v) is 5.66. The quantitative estimate of drug-likeness (QED) is 0.739. The molecule has 112 valence electrons. The van der Waals surface area contributed by atoms with Crippen LogP contribution in [0.15, 0.2) is 40.9 Å². The number of fused-ring (bicyclic) bond motifs is 1. The summed E-state index contributed by atoms with van der Waals surface area (Å²) in [7, 11) is 0. The van der Waals surface area contributed by atoms with Crippen LogP contribution in [0.3, 0.4) is 0 Å². The second kappa shape index (κ2) is 5.81. The number of aromatic carboxylic acids is 1. The number of carboxylic acid groups (broad SMARTS) is 1. The lowest BCUT2D eigenvalue weighted by Crippen LogP contribution is -2.05. The molecule has 0 aliphatic carbocycles. The van der Waals surface area contributed by atoms with E-state index in [1.165, 1.54) is 0 Å². The van der Waals surface area contributed by atoms with Gasteiger partial charge in [0.05, 0.1) is 4.47 Å². The van der Waals surface area contributed by atoms with Gasteiger partial charge in [0, 0.05) is 5.69 Å². The monoisotopic (exact) mass is 360 g/mol. The average Bonchev–Trinajstić information content (AvgIpc) is 2.88. The number of nitrogens with one attached hydrogen (secondary N) is 1. The van der Waals surface area contributed by atoms with Crippen LogP contribution < -0.4 is 4.74 Å². The molecule has 3 rings (SSSR count). The Morgan fingerprint density at radius 3 is 2.86 bits per heavy atom. The van der Waals surface area contributed by atoms with Crippen LogP contribution in [-0.2, 0) is 6.61 Å². The van der Waals surface area contributed by atoms with Gasteiger partial charge in [-0.15, -0.1) is 0 Å². The molecule has 0 aliphatic rings. The summed E-state index contributed by atoms with van der Waals surface area (Å²) < 4.78 is 6.58. The number of carbonyl (C=O) groups is 1. The van der Waals surface area contributed by atoms with Crippen LogP contribution in [-0.4, -0.2) is 21.3 Å². The van der Waals surface area contributed by atoms with Crippen molar-refractivity contribution in [1.29, 1.82) is 0 Å². The van der Waals surface area contributed by atoms with Crippen LogP contribution in [0.25, 0.3) is 10.8 Å². The summed E-state index contributed by atoms with van der Waals surface area (Å²) in [6, 6.07) is 11.8. The van der Waals surface area contributed by atoms with E-state index in [0.29, 0.717) is 17.1 Å². The van der Waals surface area contributed by atoms with Crippen molar-refractivity contribution in [3.05, 3.63) is 57.8 Å². The van der Waals surface area contributed by atoms with Crippen LogP contribution in [0.1, 0.15) is 21.7 Å². The molecule has 0 spiro atoms. The van der Waals surface area contributed by atoms with E-state index < -0.39 is 5.97 Å². The summed E-state index contributed by atoms with van der Waals surface area (Å²) in [5, 5.41) is 18.0. The number of halogens is 1. The number of aromatic amines is 1. The summed E-state index contributed by atoms with van der Waals surface area (Å²) in [4.78, 5) is 11.2. The standard InChI is InChI=1S/C16H13BrN2O3/c1-9-14(16(20)21)12(19-18-9)8-22-13-7-6-10-4-2-3-5-11(10)15(13)17/h2-7H,8H2,1H3,(H,18,19)(H,20,21). The van der Waals surface area contributed by atoms with Gasteiger partial charge in [0.25, 0.3) is 0 Å². The van der Waals surface area contributed by atoms with Gasteiger partial charge in [0.1, 0.15) is 23.6 Å². The third kappa shape index (κ3) is 2.57. The first-order valence-electron chi connectivity index (χ1n) is 6.65. The topological polar surface area (TPSA) is 75.2 Å². The Hall–Kier alpha value is -2.34. The molecule has 2 aromatic carbocycles. The molecule has 0 saturated heterocycles. The summed E-state index contributed by atoms with van der Waals surface area (Å²) in [5.41, 5.74) is 1.06. The van der Waals surface area contributed by atoms with Crippen molar-refractivity contribution in [1.82, 2.24) is 10.2 Å². The molecule has 0 unspecified atom stereocenters. The van der Waals surface area contributed by atoms with Gasteiger partial charge < -0.3 is 9.84 Å². The fourth-order valence-corrected chi connectivity index (χ4v) is 2.95. The molecule has 5 nitrogen and oxygen atoms in total. The smallest absolute Gasteiger partial charge is 0.339 e. The lowest BCUT2D eigenvalue weighted by atomic mass is 10.1. The molecule has 0 aliphatic heterocycles. The molecule has 0 radical (unpaired) electrons. The normalized spacial score (nSPS) is 10.8. The lowest BCUT2D eigenvalue weighted by molar-refractivity contribution is 0.0693. The van der Waals surface area contributed by atoms with Crippen molar-refractivity contribution in [3.63, 3.8) is 0 Å². The second-order valence-electron chi connectivity index (χ2n) is 4.86. The Bertz CT molecular complexity index is 858. The first-order valence-corrected chi connectivity index (χ1v) is 7.44. The van der Waals surface area contributed by atoms with Gasteiger partial charge in [-0.2, -0.15) is 5.10 Å². The highest BCUT2D eigenvalue weighted by Crippen LogP contribution is 2.33. The van der Waals surface area contributed by atoms with Gasteiger partial charge >= 0.3 is 5.97 Å². The molecule has 1 heterocycles. The van der Waals surface area contributed by atoms with E-state index >= 15 is 0 Å². The highest BCUT2D eigenvalue weighted by molar-refractivity contribution is 9.10. The summed E-state index contributed by atoms with van der Waals surface area (Å²) in [6.45, 7) is 1.76. The van der Waals surface area contributed by atoms with Crippen LogP contribution in [0, 0.1) is 6.92 Å². The molecule has 6 heteroatoms. The first-order chi connectivity index (χ1) is 10.6. The Morgan fingerprint density at radius 2 is 2.09 bits per heavy atom. The molecule has 1 aromatic heterocycles. The number of hydrogen-bond donors (Lipinski definition) is 2. The molecule has 0 fully saturated rings. The zero-order valence-electron chi connectivity index (χ0n) is 11.8. The Labute approximate surface area is 135 Å². The molecule has 22 heavy (non-hydrogen) atoms. The molecule has 3 aromatic rings. The highest BCUT2D eigenvalue weighted by Gasteiger charge is 2.18. The minimum absolute atomic E-state index is 0.0862. The predicted octanol–water partition coefficient (Wildman–Crippen LogP) is 3.91. The van der Waals surface area contributed by atoms with Crippen molar-refractivity contribution < 1.29 is 14.6 Å². The van der Waals surface area contributed by atoms with Gasteiger partial charge in [-0.1, -0.05) is 30.3 Å². The number of aromatic nitrogens is 2. The van der Waals surface area contributed by atoms with Crippen LogP contribution >= 0.6 is 15.9 Å². The fraction of sp³-hybridized carbons (Fsp3) is 0.125. The minimum Gasteiger partial charge on any atom is -0.486 e. The number of rotatable bonds is 4. The van der Waals surface area contributed by atoms with Crippen molar-refractivity contribution >= 4 is 32.7 Å². The third-order valence-electron chi connectivity index (χ3n) is 3.43. The third-order valence-corrected chi connectivity index (χ3v) is 4.25. The van der Waals surface area contributed by atoms with E-state index in [4.69, 9.17) is 4.74 Å². The van der Waals surface area contributed by atoms with Gasteiger partial charge in [0.2, 0.25) is 0 Å². The SMILES string of the molecule is Cc1[nH]nc(COc2ccc3ccccc3c2Br)c1C(=O)O. The van der Waals surface area contributed by atoms with E-state index in [-0.39, 0.29) is 12.2 Å². The molecule has 0 bridgehead atoms. The van der Waals surface area contributed by atoms with Crippen molar-refractivity contribution in [3.8, 4) is 5.75 Å². The predicted molar refractivity (Wildman–Crippen MR) is 86.3 cm³/mol. The number of ether oxygens (including phenoxy) is 1. The van der Waals surface area contributed by atoms with E-state index in [2.05, 4.69) is 26.1 Å². The van der Waals surface area contributed by atoms with Crippen LogP contribution in [0.2, 0.25) is 0 Å². The van der Waals surface area contributed by atoms with E-state index in [1.54, 1.807) is 6.92 Å². The zero-order valence-corrected chi connectivity index (χ0v) is 13.3. The molecule has 0 atom stereocenters. The first kappa shape index (κ1) is 14.6. The Morgan fingerprint density at radius 1 is 1.32 bits per heavy atom. The molecular formula is C16H13BrN2O3. The molecule has 2 N–H and O–H groups in total. The average molecular weight is 361 g/mol. The molecular weight excluding hydrogens is 348 g/mol. The number of aryl methyl sites for hydroxylation is 1. The maximum atomic E-state index is 11.2. The minimum atomic E-state index is -1.01. The lowest BCUT2D eigenvalue weighted by Gasteiger charge is -2.09. The van der Waals surface area contributed by atoms with E-state index in [0.717, 1.165) is 15.2 Å². The van der Waals surface area contributed by atoms with E-state index in [9.17, 15) is 9.90 Å². The summed E-state index contributed by atoms with van der Waals surface area (Å²) >= 11 is 3.54. The van der Waals surface area contributed by atoms with Gasteiger partial charge in [-0.05, 0) is 39.7 Å². The van der Waals surface area contributed by atoms with Crippen molar-refractivity contribution in [2.45, 2.75) is 13.5 Å². The maximum Gasteiger partial charge on any atom is 0.339 e. The molecule has 0 saturated carbocycles. The van der Waals surface area contributed by atoms with E-state index in [1.807, 2.05) is 36.4 Å². The fourth-order valence-electron chi connectivity index (χ4n) is 2.34. The number of nitrogens with zero attached hydrogens (tertiary/aromatic N) is 1. The van der Waals surface area contributed by atoms with Crippen molar-refractivity contribution in [2.75, 3.05) is 0 Å². The van der Waals surface area contributed by atoms with Gasteiger partial charge in [0.15, 0.2) is 0 Å². The van der Waals surface area contributed by atoms with Crippen LogP contribution in [0.4, 0.5) is 0 Å². The highest BCUT2D eigenvalue weighted by atomic mass is 79.9. The summed E-state index contributed by atoms with van der Waals surface area (Å²) in [6.07, 6.45) is 0. The number of H-pyrrole nitrogens is 1. The Balaban J connectivity index is 1.89. The van der Waals surface area contributed by atoms with Gasteiger partial charge in [-0.25, -0.2) is 4.79 Å². The number of carboxylic acids is 1. The van der Waals surface area contributed by atoms with Gasteiger partial charge in [-0.3, -0.25) is 5.10 Å². The zero-order chi connectivity index (χ0) is 15.7. The molecule has 0 amide bonds. The summed E-state index contributed by atoms with van der Waals surface area (Å²) in [5.74, 6) is -0.363. The number of benzene rings is 2. The van der Waals surface area contributed by atoms with Crippen LogP contribution in [0.5, 0.6) is 5.75 Å².